The minimum atomic E-state index is -0.610. The zero-order chi connectivity index (χ0) is 14.1. The topological polar surface area (TPSA) is 50.3 Å². The van der Waals surface area contributed by atoms with E-state index in [1.807, 2.05) is 17.6 Å². The fourth-order valence-corrected chi connectivity index (χ4v) is 2.74. The Labute approximate surface area is 122 Å². The van der Waals surface area contributed by atoms with Gasteiger partial charge in [0.25, 0.3) is 0 Å². The number of nitrogens with zero attached hydrogens (tertiary/aromatic N) is 3. The molecule has 4 nitrogen and oxygen atoms in total. The number of halogens is 2. The molecule has 0 amide bonds. The summed E-state index contributed by atoms with van der Waals surface area (Å²) < 4.78 is 21.1. The predicted molar refractivity (Wildman–Crippen MR) is 73.8 cm³/mol. The van der Waals surface area contributed by atoms with Crippen LogP contribution in [0.4, 0.5) is 4.39 Å². The van der Waals surface area contributed by atoms with E-state index in [0.29, 0.717) is 5.69 Å². The highest BCUT2D eigenvalue weighted by Gasteiger charge is 2.16. The average Bonchev–Trinajstić information content (AvgIpc) is 3.01. The molecular formula is C13H7ClFN3OS. The Hall–Kier alpha value is -2.10. The van der Waals surface area contributed by atoms with E-state index in [1.165, 1.54) is 23.5 Å². The lowest BCUT2D eigenvalue weighted by molar-refractivity contribution is 0.426. The molecule has 0 bridgehead atoms. The number of benzene rings is 1. The van der Waals surface area contributed by atoms with E-state index in [9.17, 15) is 4.39 Å². The molecule has 0 spiro atoms. The van der Waals surface area contributed by atoms with Crippen LogP contribution in [0.1, 0.15) is 11.3 Å². The van der Waals surface area contributed by atoms with Gasteiger partial charge in [0.15, 0.2) is 16.5 Å². The first kappa shape index (κ1) is 12.9. The van der Waals surface area contributed by atoms with E-state index < -0.39 is 5.82 Å². The van der Waals surface area contributed by atoms with Gasteiger partial charge in [0.2, 0.25) is 5.88 Å². The Kier molecular flexibility index (Phi) is 3.30. The number of hydrogen-bond acceptors (Lipinski definition) is 4. The van der Waals surface area contributed by atoms with Crippen molar-refractivity contribution in [2.75, 3.05) is 0 Å². The van der Waals surface area contributed by atoms with Crippen LogP contribution in [0.2, 0.25) is 0 Å². The van der Waals surface area contributed by atoms with Crippen LogP contribution in [-0.2, 0) is 5.88 Å². The summed E-state index contributed by atoms with van der Waals surface area (Å²) in [6.45, 7) is 0. The standard InChI is InChI=1S/C13H7ClFN3OS/c14-6-10-12(17-13-18(10)3-4-20-13)19-11-2-1-8(7-16)5-9(11)15/h1-5H,6H2. The van der Waals surface area contributed by atoms with Crippen molar-refractivity contribution in [1.29, 1.82) is 5.26 Å². The van der Waals surface area contributed by atoms with E-state index in [-0.39, 0.29) is 23.1 Å². The molecule has 0 radical (unpaired) electrons. The summed E-state index contributed by atoms with van der Waals surface area (Å²) in [6.07, 6.45) is 1.83. The maximum absolute atomic E-state index is 13.8. The molecule has 0 atom stereocenters. The van der Waals surface area contributed by atoms with Crippen molar-refractivity contribution in [2.24, 2.45) is 0 Å². The first-order valence-corrected chi connectivity index (χ1v) is 7.02. The Balaban J connectivity index is 2.01. The van der Waals surface area contributed by atoms with Gasteiger partial charge >= 0.3 is 0 Å². The first-order valence-electron chi connectivity index (χ1n) is 5.61. The molecule has 0 saturated carbocycles. The van der Waals surface area contributed by atoms with E-state index in [0.717, 1.165) is 11.0 Å². The number of rotatable bonds is 3. The molecule has 0 aliphatic rings. The van der Waals surface area contributed by atoms with Crippen LogP contribution in [0, 0.1) is 17.1 Å². The molecule has 0 saturated heterocycles. The summed E-state index contributed by atoms with van der Waals surface area (Å²) in [4.78, 5) is 4.99. The first-order chi connectivity index (χ1) is 9.72. The van der Waals surface area contributed by atoms with Gasteiger partial charge in [0.05, 0.1) is 17.5 Å². The normalized spacial score (nSPS) is 10.7. The van der Waals surface area contributed by atoms with Gasteiger partial charge in [-0.1, -0.05) is 0 Å². The summed E-state index contributed by atoms with van der Waals surface area (Å²) >= 11 is 7.32. The number of imidazole rings is 1. The number of alkyl halides is 1. The van der Waals surface area contributed by atoms with Crippen molar-refractivity contribution in [2.45, 2.75) is 5.88 Å². The molecule has 20 heavy (non-hydrogen) atoms. The highest BCUT2D eigenvalue weighted by Crippen LogP contribution is 2.30. The van der Waals surface area contributed by atoms with Gasteiger partial charge in [-0.05, 0) is 18.2 Å². The van der Waals surface area contributed by atoms with Crippen molar-refractivity contribution in [3.8, 4) is 17.7 Å². The van der Waals surface area contributed by atoms with Crippen LogP contribution in [0.25, 0.3) is 4.96 Å². The SMILES string of the molecule is N#Cc1ccc(Oc2nc3sccn3c2CCl)c(F)c1. The number of fused-ring (bicyclic) bond motifs is 1. The van der Waals surface area contributed by atoms with Crippen LogP contribution >= 0.6 is 22.9 Å². The average molecular weight is 308 g/mol. The van der Waals surface area contributed by atoms with Crippen molar-refractivity contribution >= 4 is 27.9 Å². The van der Waals surface area contributed by atoms with Gasteiger partial charge in [0.1, 0.15) is 5.69 Å². The van der Waals surface area contributed by atoms with Gasteiger partial charge < -0.3 is 4.74 Å². The summed E-state index contributed by atoms with van der Waals surface area (Å²) in [7, 11) is 0. The minimum absolute atomic E-state index is 0.0149. The summed E-state index contributed by atoms with van der Waals surface area (Å²) in [6, 6.07) is 5.87. The zero-order valence-corrected chi connectivity index (χ0v) is 11.6. The fraction of sp³-hybridized carbons (Fsp3) is 0.0769. The van der Waals surface area contributed by atoms with Crippen LogP contribution in [0.3, 0.4) is 0 Å². The fourth-order valence-electron chi connectivity index (χ4n) is 1.77. The van der Waals surface area contributed by atoms with Crippen molar-refractivity contribution in [3.63, 3.8) is 0 Å². The summed E-state index contributed by atoms with van der Waals surface area (Å²) in [5.74, 6) is -0.122. The maximum atomic E-state index is 13.8. The molecule has 0 unspecified atom stereocenters. The smallest absolute Gasteiger partial charge is 0.243 e. The third-order valence-corrected chi connectivity index (χ3v) is 3.73. The third-order valence-electron chi connectivity index (χ3n) is 2.72. The van der Waals surface area contributed by atoms with Crippen molar-refractivity contribution in [3.05, 3.63) is 46.9 Å². The third kappa shape index (κ3) is 2.11. The highest BCUT2D eigenvalue weighted by molar-refractivity contribution is 7.15. The molecule has 2 aromatic heterocycles. The Morgan fingerprint density at radius 2 is 2.35 bits per heavy atom. The van der Waals surface area contributed by atoms with Gasteiger partial charge in [0, 0.05) is 11.6 Å². The molecular weight excluding hydrogens is 301 g/mol. The summed E-state index contributed by atoms with van der Waals surface area (Å²) in [5, 5.41) is 10.6. The van der Waals surface area contributed by atoms with E-state index in [1.54, 1.807) is 4.40 Å². The molecule has 2 heterocycles. The van der Waals surface area contributed by atoms with Crippen molar-refractivity contribution < 1.29 is 9.13 Å². The second kappa shape index (κ2) is 5.12. The zero-order valence-electron chi connectivity index (χ0n) is 10.0. The van der Waals surface area contributed by atoms with Crippen LogP contribution < -0.4 is 4.74 Å². The lowest BCUT2D eigenvalue weighted by Crippen LogP contribution is -1.93. The molecule has 0 aliphatic carbocycles. The Morgan fingerprint density at radius 3 is 3.05 bits per heavy atom. The number of ether oxygens (including phenoxy) is 1. The summed E-state index contributed by atoms with van der Waals surface area (Å²) in [5.41, 5.74) is 0.893. The van der Waals surface area contributed by atoms with Gasteiger partial charge in [-0.25, -0.2) is 4.39 Å². The Morgan fingerprint density at radius 1 is 1.50 bits per heavy atom. The number of thiazole rings is 1. The largest absolute Gasteiger partial charge is 0.434 e. The van der Waals surface area contributed by atoms with Crippen LogP contribution in [-0.4, -0.2) is 9.38 Å². The van der Waals surface area contributed by atoms with Crippen molar-refractivity contribution in [1.82, 2.24) is 9.38 Å². The molecule has 3 rings (SSSR count). The highest BCUT2D eigenvalue weighted by atomic mass is 35.5. The molecule has 3 aromatic rings. The lowest BCUT2D eigenvalue weighted by atomic mass is 10.2. The number of aromatic nitrogens is 2. The molecule has 0 N–H and O–H groups in total. The second-order valence-corrected chi connectivity index (χ2v) is 5.05. The molecule has 7 heteroatoms. The van der Waals surface area contributed by atoms with E-state index >= 15 is 0 Å². The van der Waals surface area contributed by atoms with Gasteiger partial charge in [-0.3, -0.25) is 4.40 Å². The quantitative estimate of drug-likeness (QED) is 0.689. The monoisotopic (exact) mass is 307 g/mol. The second-order valence-electron chi connectivity index (χ2n) is 3.91. The maximum Gasteiger partial charge on any atom is 0.243 e. The molecule has 1 aromatic carbocycles. The van der Waals surface area contributed by atoms with Gasteiger partial charge in [-0.15, -0.1) is 22.9 Å². The predicted octanol–water partition coefficient (Wildman–Crippen LogP) is 3.94. The van der Waals surface area contributed by atoms with E-state index in [2.05, 4.69) is 4.98 Å². The number of nitriles is 1. The molecule has 100 valence electrons. The number of hydrogen-bond donors (Lipinski definition) is 0. The van der Waals surface area contributed by atoms with Crippen LogP contribution in [0.5, 0.6) is 11.6 Å². The Bertz CT molecular complexity index is 821. The minimum Gasteiger partial charge on any atom is -0.434 e. The molecule has 0 aliphatic heterocycles. The van der Waals surface area contributed by atoms with Gasteiger partial charge in [-0.2, -0.15) is 10.2 Å². The lowest BCUT2D eigenvalue weighted by Gasteiger charge is -2.05. The molecule has 0 fully saturated rings. The van der Waals surface area contributed by atoms with E-state index in [4.69, 9.17) is 21.6 Å². The van der Waals surface area contributed by atoms with Crippen LogP contribution in [0.15, 0.2) is 29.8 Å².